The van der Waals surface area contributed by atoms with E-state index in [0.717, 1.165) is 0 Å². The smallest absolute Gasteiger partial charge is 0.274 e. The first-order valence-corrected chi connectivity index (χ1v) is 8.98. The Labute approximate surface area is 128 Å². The van der Waals surface area contributed by atoms with Crippen LogP contribution in [0.5, 0.6) is 0 Å². The maximum absolute atomic E-state index is 12.4. The molecule has 1 aliphatic heterocycles. The van der Waals surface area contributed by atoms with E-state index in [1.165, 1.54) is 6.26 Å². The number of likely N-dealkylation sites (tertiary alicyclic amines) is 1. The van der Waals surface area contributed by atoms with E-state index in [9.17, 15) is 13.2 Å². The van der Waals surface area contributed by atoms with Crippen LogP contribution in [0.3, 0.4) is 0 Å². The summed E-state index contributed by atoms with van der Waals surface area (Å²) >= 11 is 0. The minimum Gasteiger partial charge on any atom is -0.463 e. The average molecular weight is 323 g/mol. The second-order valence-electron chi connectivity index (χ2n) is 5.47. The highest BCUT2D eigenvalue weighted by atomic mass is 32.2. The third-order valence-electron chi connectivity index (χ3n) is 3.92. The number of hydrogen-bond acceptors (Lipinski definition) is 5. The van der Waals surface area contributed by atoms with E-state index in [0.29, 0.717) is 43.1 Å². The van der Waals surface area contributed by atoms with Crippen LogP contribution in [0.2, 0.25) is 0 Å². The number of carbonyl (C=O) groups is 1. The van der Waals surface area contributed by atoms with Crippen LogP contribution in [-0.4, -0.2) is 54.0 Å². The number of amides is 1. The lowest BCUT2D eigenvalue weighted by atomic mass is 10.1. The molecule has 0 unspecified atom stereocenters. The van der Waals surface area contributed by atoms with Gasteiger partial charge >= 0.3 is 0 Å². The van der Waals surface area contributed by atoms with Crippen LogP contribution in [-0.2, 0) is 9.84 Å². The molecule has 8 heteroatoms. The van der Waals surface area contributed by atoms with Gasteiger partial charge in [-0.15, -0.1) is 0 Å². The minimum absolute atomic E-state index is 0.194. The molecular formula is C14H17N3O4S. The van der Waals surface area contributed by atoms with Crippen molar-refractivity contribution in [3.8, 4) is 11.5 Å². The number of aromatic amines is 1. The Morgan fingerprint density at radius 1 is 1.41 bits per heavy atom. The van der Waals surface area contributed by atoms with E-state index in [1.807, 2.05) is 0 Å². The fraction of sp³-hybridized carbons (Fsp3) is 0.429. The van der Waals surface area contributed by atoms with E-state index < -0.39 is 9.84 Å². The summed E-state index contributed by atoms with van der Waals surface area (Å²) in [5, 5.41) is 6.44. The Hall–Kier alpha value is -2.09. The monoisotopic (exact) mass is 323 g/mol. The van der Waals surface area contributed by atoms with Gasteiger partial charge in [-0.2, -0.15) is 5.10 Å². The average Bonchev–Trinajstić information content (AvgIpc) is 3.16. The Morgan fingerprint density at radius 2 is 2.14 bits per heavy atom. The molecule has 7 nitrogen and oxygen atoms in total. The second-order valence-corrected chi connectivity index (χ2v) is 7.79. The molecule has 1 N–H and O–H groups in total. The normalized spacial score (nSPS) is 16.9. The number of hydrogen-bond donors (Lipinski definition) is 1. The highest BCUT2D eigenvalue weighted by Gasteiger charge is 2.30. The number of piperidine rings is 1. The Morgan fingerprint density at radius 3 is 2.73 bits per heavy atom. The van der Waals surface area contributed by atoms with Gasteiger partial charge in [-0.1, -0.05) is 0 Å². The molecule has 0 saturated carbocycles. The second kappa shape index (κ2) is 5.60. The number of nitrogens with zero attached hydrogens (tertiary/aromatic N) is 2. The number of sulfone groups is 1. The van der Waals surface area contributed by atoms with Gasteiger partial charge in [0, 0.05) is 25.4 Å². The quantitative estimate of drug-likeness (QED) is 0.919. The molecule has 0 radical (unpaired) electrons. The fourth-order valence-corrected chi connectivity index (χ4v) is 3.71. The largest absolute Gasteiger partial charge is 0.463 e. The molecule has 2 aromatic rings. The van der Waals surface area contributed by atoms with Gasteiger partial charge in [0.15, 0.2) is 11.5 Å². The number of furan rings is 1. The van der Waals surface area contributed by atoms with Crippen LogP contribution < -0.4 is 0 Å². The summed E-state index contributed by atoms with van der Waals surface area (Å²) in [4.78, 5) is 14.0. The highest BCUT2D eigenvalue weighted by Crippen LogP contribution is 2.21. The summed E-state index contributed by atoms with van der Waals surface area (Å²) in [7, 11) is -3.04. The van der Waals surface area contributed by atoms with Crippen LogP contribution in [0.15, 0.2) is 28.9 Å². The first-order chi connectivity index (χ1) is 10.4. The lowest BCUT2D eigenvalue weighted by Gasteiger charge is -2.30. The zero-order chi connectivity index (χ0) is 15.7. The van der Waals surface area contributed by atoms with E-state index in [4.69, 9.17) is 4.42 Å². The molecule has 0 atom stereocenters. The summed E-state index contributed by atoms with van der Waals surface area (Å²) in [6.07, 6.45) is 3.74. The predicted molar refractivity (Wildman–Crippen MR) is 80.1 cm³/mol. The molecule has 1 aliphatic rings. The molecule has 22 heavy (non-hydrogen) atoms. The number of rotatable bonds is 3. The third-order valence-corrected chi connectivity index (χ3v) is 5.60. The van der Waals surface area contributed by atoms with Crippen molar-refractivity contribution < 1.29 is 17.6 Å². The first kappa shape index (κ1) is 14.8. The molecular weight excluding hydrogens is 306 g/mol. The summed E-state index contributed by atoms with van der Waals surface area (Å²) in [6.45, 7) is 0.860. The summed E-state index contributed by atoms with van der Waals surface area (Å²) in [5.74, 6) is 0.420. The predicted octanol–water partition coefficient (Wildman–Crippen LogP) is 1.32. The minimum atomic E-state index is -3.04. The van der Waals surface area contributed by atoms with Gasteiger partial charge in [0.25, 0.3) is 5.91 Å². The molecule has 1 amide bonds. The Bertz CT molecular complexity index is 756. The van der Waals surface area contributed by atoms with Crippen molar-refractivity contribution in [1.82, 2.24) is 15.1 Å². The number of carbonyl (C=O) groups excluding carboxylic acids is 1. The van der Waals surface area contributed by atoms with Gasteiger partial charge in [-0.25, -0.2) is 8.42 Å². The summed E-state index contributed by atoms with van der Waals surface area (Å²) in [5.41, 5.74) is 0.948. The third kappa shape index (κ3) is 2.92. The topological polar surface area (TPSA) is 96.3 Å². The maximum Gasteiger partial charge on any atom is 0.274 e. The van der Waals surface area contributed by atoms with Gasteiger partial charge in [0.2, 0.25) is 0 Å². The van der Waals surface area contributed by atoms with Crippen molar-refractivity contribution in [3.63, 3.8) is 0 Å². The van der Waals surface area contributed by atoms with E-state index in [1.54, 1.807) is 29.4 Å². The molecule has 0 aromatic carbocycles. The van der Waals surface area contributed by atoms with E-state index in [2.05, 4.69) is 10.2 Å². The standard InChI is InChI=1S/C14H17N3O4S/c1-22(19,20)10-4-6-17(7-5-10)14(18)12-9-11(15-16-12)13-3-2-8-21-13/h2-3,8-10H,4-7H2,1H3,(H,15,16). The van der Waals surface area contributed by atoms with Crippen LogP contribution in [0.25, 0.3) is 11.5 Å². The SMILES string of the molecule is CS(=O)(=O)C1CCN(C(=O)c2cc(-c3ccco3)[nH]n2)CC1. The van der Waals surface area contributed by atoms with Gasteiger partial charge < -0.3 is 9.32 Å². The van der Waals surface area contributed by atoms with Gasteiger partial charge in [0.05, 0.1) is 11.5 Å². The lowest BCUT2D eigenvalue weighted by Crippen LogP contribution is -2.42. The highest BCUT2D eigenvalue weighted by molar-refractivity contribution is 7.91. The van der Waals surface area contributed by atoms with Crippen LogP contribution in [0.4, 0.5) is 0 Å². The maximum atomic E-state index is 12.4. The van der Waals surface area contributed by atoms with Crippen molar-refractivity contribution in [2.24, 2.45) is 0 Å². The van der Waals surface area contributed by atoms with Crippen molar-refractivity contribution >= 4 is 15.7 Å². The van der Waals surface area contributed by atoms with Crippen molar-refractivity contribution in [3.05, 3.63) is 30.2 Å². The van der Waals surface area contributed by atoms with Crippen molar-refractivity contribution in [1.29, 1.82) is 0 Å². The van der Waals surface area contributed by atoms with Gasteiger partial charge in [-0.3, -0.25) is 9.89 Å². The summed E-state index contributed by atoms with van der Waals surface area (Å²) in [6, 6.07) is 5.18. The molecule has 0 bridgehead atoms. The van der Waals surface area contributed by atoms with Gasteiger partial charge in [0.1, 0.15) is 15.5 Å². The molecule has 0 aliphatic carbocycles. The molecule has 1 fully saturated rings. The first-order valence-electron chi connectivity index (χ1n) is 7.02. The lowest BCUT2D eigenvalue weighted by molar-refractivity contribution is 0.0720. The van der Waals surface area contributed by atoms with Crippen molar-refractivity contribution in [2.45, 2.75) is 18.1 Å². The van der Waals surface area contributed by atoms with E-state index in [-0.39, 0.29) is 11.2 Å². The molecule has 1 saturated heterocycles. The van der Waals surface area contributed by atoms with Crippen LogP contribution >= 0.6 is 0 Å². The Balaban J connectivity index is 1.68. The fourth-order valence-electron chi connectivity index (χ4n) is 2.64. The molecule has 118 valence electrons. The number of H-pyrrole nitrogens is 1. The van der Waals surface area contributed by atoms with Crippen LogP contribution in [0.1, 0.15) is 23.3 Å². The zero-order valence-corrected chi connectivity index (χ0v) is 13.0. The zero-order valence-electron chi connectivity index (χ0n) is 12.2. The van der Waals surface area contributed by atoms with Crippen molar-refractivity contribution in [2.75, 3.05) is 19.3 Å². The molecule has 3 heterocycles. The number of aromatic nitrogens is 2. The number of nitrogens with one attached hydrogen (secondary N) is 1. The van der Waals surface area contributed by atoms with E-state index >= 15 is 0 Å². The van der Waals surface area contributed by atoms with Crippen LogP contribution in [0, 0.1) is 0 Å². The molecule has 3 rings (SSSR count). The summed E-state index contributed by atoms with van der Waals surface area (Å²) < 4.78 is 28.3. The Kier molecular flexibility index (Phi) is 3.78. The van der Waals surface area contributed by atoms with Gasteiger partial charge in [-0.05, 0) is 25.0 Å². The molecule has 0 spiro atoms. The molecule has 2 aromatic heterocycles.